The molecule has 1 fully saturated rings. The Balaban J connectivity index is 1.83. The van der Waals surface area contributed by atoms with Crippen LogP contribution in [0.2, 0.25) is 0 Å². The van der Waals surface area contributed by atoms with Crippen molar-refractivity contribution >= 4 is 16.6 Å². The Morgan fingerprint density at radius 3 is 2.70 bits per heavy atom. The van der Waals surface area contributed by atoms with Gasteiger partial charge in [0.25, 0.3) is 0 Å². The van der Waals surface area contributed by atoms with Gasteiger partial charge in [0, 0.05) is 50.3 Å². The van der Waals surface area contributed by atoms with E-state index in [1.54, 1.807) is 6.07 Å². The third-order valence-corrected chi connectivity index (χ3v) is 4.70. The van der Waals surface area contributed by atoms with E-state index in [0.29, 0.717) is 22.2 Å². The fourth-order valence-corrected chi connectivity index (χ4v) is 3.30. The van der Waals surface area contributed by atoms with Crippen molar-refractivity contribution in [3.8, 4) is 11.8 Å². The SMILES string of the molecule is CC(CN1CCN(C)CC1)Nc1c(C#N)cnc2ccc(OC(F)F)cc12. The number of nitrogens with one attached hydrogen (secondary N) is 1. The van der Waals surface area contributed by atoms with Crippen LogP contribution in [0.1, 0.15) is 12.5 Å². The van der Waals surface area contributed by atoms with E-state index in [-0.39, 0.29) is 11.8 Å². The number of ether oxygens (including phenoxy) is 1. The van der Waals surface area contributed by atoms with Crippen LogP contribution in [0.25, 0.3) is 10.9 Å². The summed E-state index contributed by atoms with van der Waals surface area (Å²) in [4.78, 5) is 8.91. The number of pyridine rings is 1. The van der Waals surface area contributed by atoms with E-state index >= 15 is 0 Å². The molecule has 0 aliphatic carbocycles. The summed E-state index contributed by atoms with van der Waals surface area (Å²) >= 11 is 0. The van der Waals surface area contributed by atoms with Gasteiger partial charge < -0.3 is 15.0 Å². The summed E-state index contributed by atoms with van der Waals surface area (Å²) < 4.78 is 29.6. The summed E-state index contributed by atoms with van der Waals surface area (Å²) in [6.45, 7) is 4.03. The van der Waals surface area contributed by atoms with Gasteiger partial charge in [-0.3, -0.25) is 9.88 Å². The number of benzene rings is 1. The second-order valence-corrected chi connectivity index (χ2v) is 6.87. The van der Waals surface area contributed by atoms with E-state index < -0.39 is 6.61 Å². The molecule has 0 bridgehead atoms. The second-order valence-electron chi connectivity index (χ2n) is 6.87. The number of likely N-dealkylation sites (N-methyl/N-ethyl adjacent to an activating group) is 1. The number of fused-ring (bicyclic) bond motifs is 1. The van der Waals surface area contributed by atoms with Crippen LogP contribution in [-0.2, 0) is 0 Å². The Morgan fingerprint density at radius 2 is 2.04 bits per heavy atom. The number of nitrogens with zero attached hydrogens (tertiary/aromatic N) is 4. The van der Waals surface area contributed by atoms with E-state index in [4.69, 9.17) is 0 Å². The molecule has 3 rings (SSSR count). The molecule has 0 radical (unpaired) electrons. The van der Waals surface area contributed by atoms with E-state index in [1.807, 2.05) is 6.92 Å². The first-order valence-electron chi connectivity index (χ1n) is 8.91. The van der Waals surface area contributed by atoms with Gasteiger partial charge in [-0.15, -0.1) is 0 Å². The molecule has 1 aliphatic rings. The smallest absolute Gasteiger partial charge is 0.387 e. The Labute approximate surface area is 157 Å². The van der Waals surface area contributed by atoms with Gasteiger partial charge in [-0.2, -0.15) is 14.0 Å². The third-order valence-electron chi connectivity index (χ3n) is 4.70. The minimum Gasteiger partial charge on any atom is -0.435 e. The predicted octanol–water partition coefficient (Wildman–Crippen LogP) is 2.76. The van der Waals surface area contributed by atoms with Crippen LogP contribution in [0.5, 0.6) is 5.75 Å². The molecule has 0 amide bonds. The maximum absolute atomic E-state index is 12.5. The fourth-order valence-electron chi connectivity index (χ4n) is 3.30. The molecule has 1 atom stereocenters. The number of piperazine rings is 1. The lowest BCUT2D eigenvalue weighted by Crippen LogP contribution is -2.47. The molecule has 2 heterocycles. The van der Waals surface area contributed by atoms with Crippen LogP contribution in [0.15, 0.2) is 24.4 Å². The number of anilines is 1. The molecule has 1 aliphatic heterocycles. The highest BCUT2D eigenvalue weighted by molar-refractivity contribution is 5.95. The van der Waals surface area contributed by atoms with Crippen molar-refractivity contribution in [3.05, 3.63) is 30.0 Å². The van der Waals surface area contributed by atoms with Crippen molar-refractivity contribution < 1.29 is 13.5 Å². The molecule has 0 saturated carbocycles. The lowest BCUT2D eigenvalue weighted by Gasteiger charge is -2.34. The molecule has 1 saturated heterocycles. The maximum atomic E-state index is 12.5. The van der Waals surface area contributed by atoms with Crippen LogP contribution < -0.4 is 10.1 Å². The number of halogens is 2. The highest BCUT2D eigenvalue weighted by Crippen LogP contribution is 2.30. The molecule has 0 spiro atoms. The Hall–Kier alpha value is -2.50. The largest absolute Gasteiger partial charge is 0.435 e. The first kappa shape index (κ1) is 19.3. The Kier molecular flexibility index (Phi) is 6.04. The predicted molar refractivity (Wildman–Crippen MR) is 100 cm³/mol. The van der Waals surface area contributed by atoms with Gasteiger partial charge in [0.2, 0.25) is 0 Å². The molecule has 1 unspecified atom stereocenters. The zero-order chi connectivity index (χ0) is 19.4. The zero-order valence-electron chi connectivity index (χ0n) is 15.5. The monoisotopic (exact) mass is 375 g/mol. The average Bonchev–Trinajstić information content (AvgIpc) is 2.63. The van der Waals surface area contributed by atoms with Gasteiger partial charge in [-0.05, 0) is 32.2 Å². The van der Waals surface area contributed by atoms with Crippen molar-refractivity contribution in [1.82, 2.24) is 14.8 Å². The first-order valence-corrected chi connectivity index (χ1v) is 8.91. The normalized spacial score (nSPS) is 17.0. The molecule has 2 aromatic rings. The van der Waals surface area contributed by atoms with E-state index in [9.17, 15) is 14.0 Å². The van der Waals surface area contributed by atoms with Gasteiger partial charge in [0.1, 0.15) is 11.8 Å². The van der Waals surface area contributed by atoms with E-state index in [1.165, 1.54) is 18.3 Å². The summed E-state index contributed by atoms with van der Waals surface area (Å²) in [6.07, 6.45) is 1.50. The second kappa shape index (κ2) is 8.46. The maximum Gasteiger partial charge on any atom is 0.387 e. The zero-order valence-corrected chi connectivity index (χ0v) is 15.5. The van der Waals surface area contributed by atoms with Crippen molar-refractivity contribution in [3.63, 3.8) is 0 Å². The van der Waals surface area contributed by atoms with Crippen molar-refractivity contribution in [2.24, 2.45) is 0 Å². The van der Waals surface area contributed by atoms with Crippen molar-refractivity contribution in [2.45, 2.75) is 19.6 Å². The number of nitriles is 1. The molecule has 27 heavy (non-hydrogen) atoms. The number of alkyl halides is 2. The highest BCUT2D eigenvalue weighted by atomic mass is 19.3. The average molecular weight is 375 g/mol. The number of hydrogen-bond donors (Lipinski definition) is 1. The Bertz CT molecular complexity index is 831. The molecular weight excluding hydrogens is 352 g/mol. The van der Waals surface area contributed by atoms with Gasteiger partial charge in [-0.25, -0.2) is 0 Å². The van der Waals surface area contributed by atoms with E-state index in [2.05, 4.69) is 38.0 Å². The summed E-state index contributed by atoms with van der Waals surface area (Å²) in [5.41, 5.74) is 1.59. The van der Waals surface area contributed by atoms with Crippen molar-refractivity contribution in [1.29, 1.82) is 5.26 Å². The summed E-state index contributed by atoms with van der Waals surface area (Å²) in [5.74, 6) is 0.0455. The van der Waals surface area contributed by atoms with Gasteiger partial charge in [0.15, 0.2) is 0 Å². The topological polar surface area (TPSA) is 64.4 Å². The van der Waals surface area contributed by atoms with Gasteiger partial charge in [-0.1, -0.05) is 0 Å². The Morgan fingerprint density at radius 1 is 1.30 bits per heavy atom. The van der Waals surface area contributed by atoms with Gasteiger partial charge >= 0.3 is 6.61 Å². The van der Waals surface area contributed by atoms with Crippen LogP contribution in [0.4, 0.5) is 14.5 Å². The summed E-state index contributed by atoms with van der Waals surface area (Å²) in [5, 5.41) is 13.4. The lowest BCUT2D eigenvalue weighted by molar-refractivity contribution is -0.0497. The molecular formula is C19H23F2N5O. The fraction of sp³-hybridized carbons (Fsp3) is 0.474. The van der Waals surface area contributed by atoms with Crippen LogP contribution >= 0.6 is 0 Å². The molecule has 6 nitrogen and oxygen atoms in total. The molecule has 144 valence electrons. The quantitative estimate of drug-likeness (QED) is 0.838. The minimum absolute atomic E-state index is 0.0455. The minimum atomic E-state index is -2.90. The standard InChI is InChI=1S/C19H23F2N5O/c1-13(12-26-7-5-25(2)6-8-26)24-18-14(10-22)11-23-17-4-3-15(9-16(17)18)27-19(20)21/h3-4,9,11,13,19H,5-8,12H2,1-2H3,(H,23,24). The highest BCUT2D eigenvalue weighted by Gasteiger charge is 2.18. The molecule has 1 aromatic heterocycles. The lowest BCUT2D eigenvalue weighted by atomic mass is 10.1. The molecule has 1 N–H and O–H groups in total. The molecule has 8 heteroatoms. The number of hydrogen-bond acceptors (Lipinski definition) is 6. The van der Waals surface area contributed by atoms with Crippen LogP contribution in [0, 0.1) is 11.3 Å². The first-order chi connectivity index (χ1) is 13.0. The molecule has 1 aromatic carbocycles. The van der Waals surface area contributed by atoms with E-state index in [0.717, 1.165) is 32.7 Å². The van der Waals surface area contributed by atoms with Gasteiger partial charge in [0.05, 0.1) is 16.8 Å². The van der Waals surface area contributed by atoms with Crippen LogP contribution in [0.3, 0.4) is 0 Å². The summed E-state index contributed by atoms with van der Waals surface area (Å²) in [6, 6.07) is 6.77. The number of aromatic nitrogens is 1. The number of rotatable bonds is 6. The third kappa shape index (κ3) is 4.81. The van der Waals surface area contributed by atoms with Crippen molar-refractivity contribution in [2.75, 3.05) is 45.1 Å². The summed E-state index contributed by atoms with van der Waals surface area (Å²) in [7, 11) is 2.11. The van der Waals surface area contributed by atoms with Crippen LogP contribution in [-0.4, -0.2) is 67.2 Å².